The maximum absolute atomic E-state index is 11.8. The van der Waals surface area contributed by atoms with Crippen LogP contribution in [-0.2, 0) is 19.0 Å². The van der Waals surface area contributed by atoms with Crippen LogP contribution in [0.15, 0.2) is 0 Å². The number of carbonyl (C=O) groups excluding carboxylic acids is 1. The van der Waals surface area contributed by atoms with E-state index in [0.717, 1.165) is 0 Å². The van der Waals surface area contributed by atoms with Crippen LogP contribution in [0.1, 0.15) is 34.6 Å². The monoisotopic (exact) mass is 261 g/mol. The average Bonchev–Trinajstić information content (AvgIpc) is 2.28. The lowest BCUT2D eigenvalue weighted by molar-refractivity contribution is -0.153. The molecule has 0 radical (unpaired) electrons. The smallest absolute Gasteiger partial charge is 0.328 e. The van der Waals surface area contributed by atoms with E-state index >= 15 is 0 Å². The maximum Gasteiger partial charge on any atom is 0.328 e. The minimum absolute atomic E-state index is 0.193. The second-order valence-electron chi connectivity index (χ2n) is 4.56. The molecule has 0 spiro atoms. The number of likely N-dealkylation sites (N-methyl/N-ethyl adjacent to an activating group) is 1. The highest BCUT2D eigenvalue weighted by atomic mass is 16.5. The van der Waals surface area contributed by atoms with Gasteiger partial charge in [0.05, 0.1) is 32.5 Å². The topological polar surface area (TPSA) is 56.8 Å². The third-order valence-electron chi connectivity index (χ3n) is 2.36. The van der Waals surface area contributed by atoms with Crippen molar-refractivity contribution in [1.29, 1.82) is 0 Å². The molecule has 1 atom stereocenters. The molecule has 0 saturated heterocycles. The van der Waals surface area contributed by atoms with E-state index in [2.05, 4.69) is 5.32 Å². The van der Waals surface area contributed by atoms with Gasteiger partial charge in [-0.25, -0.2) is 4.79 Å². The molecule has 0 heterocycles. The fourth-order valence-corrected chi connectivity index (χ4v) is 1.48. The molecular formula is C13H27NO4. The molecule has 0 aliphatic rings. The first-order chi connectivity index (χ1) is 8.46. The molecule has 0 saturated carbocycles. The van der Waals surface area contributed by atoms with Crippen molar-refractivity contribution in [3.63, 3.8) is 0 Å². The second-order valence-corrected chi connectivity index (χ2v) is 4.56. The van der Waals surface area contributed by atoms with E-state index in [1.807, 2.05) is 20.8 Å². The van der Waals surface area contributed by atoms with Gasteiger partial charge in [-0.15, -0.1) is 0 Å². The first-order valence-electron chi connectivity index (χ1n) is 6.57. The Morgan fingerprint density at radius 1 is 1.28 bits per heavy atom. The largest absolute Gasteiger partial charge is 0.465 e. The molecule has 0 fully saturated rings. The van der Waals surface area contributed by atoms with Crippen LogP contribution in [0.3, 0.4) is 0 Å². The van der Waals surface area contributed by atoms with Crippen molar-refractivity contribution >= 4 is 5.97 Å². The lowest BCUT2D eigenvalue weighted by Gasteiger charge is -2.27. The minimum Gasteiger partial charge on any atom is -0.465 e. The molecule has 1 N–H and O–H groups in total. The predicted octanol–water partition coefficient (Wildman–Crippen LogP) is 1.36. The Balaban J connectivity index is 4.06. The molecule has 0 rings (SSSR count). The van der Waals surface area contributed by atoms with Gasteiger partial charge in [-0.3, -0.25) is 0 Å². The van der Waals surface area contributed by atoms with Gasteiger partial charge in [0, 0.05) is 0 Å². The van der Waals surface area contributed by atoms with Crippen LogP contribution in [-0.4, -0.2) is 50.6 Å². The van der Waals surface area contributed by atoms with Gasteiger partial charge in [0.2, 0.25) is 0 Å². The van der Waals surface area contributed by atoms with Crippen LogP contribution in [0.25, 0.3) is 0 Å². The molecule has 108 valence electrons. The third-order valence-corrected chi connectivity index (χ3v) is 2.36. The summed E-state index contributed by atoms with van der Waals surface area (Å²) in [6, 6.07) is 0. The van der Waals surface area contributed by atoms with Gasteiger partial charge in [0.25, 0.3) is 0 Å². The molecule has 0 bridgehead atoms. The summed E-state index contributed by atoms with van der Waals surface area (Å²) in [7, 11) is 0. The second kappa shape index (κ2) is 9.30. The summed E-state index contributed by atoms with van der Waals surface area (Å²) in [6.07, 6.45) is 0.193. The van der Waals surface area contributed by atoms with E-state index in [4.69, 9.17) is 14.2 Å². The minimum atomic E-state index is -0.789. The number of hydrogen-bond acceptors (Lipinski definition) is 5. The number of rotatable bonds is 10. The van der Waals surface area contributed by atoms with Crippen molar-refractivity contribution in [2.24, 2.45) is 0 Å². The van der Waals surface area contributed by atoms with Crippen LogP contribution in [0.2, 0.25) is 0 Å². The van der Waals surface area contributed by atoms with Crippen molar-refractivity contribution in [2.75, 3.05) is 33.0 Å². The molecule has 0 aromatic carbocycles. The van der Waals surface area contributed by atoms with Crippen molar-refractivity contribution in [1.82, 2.24) is 5.32 Å². The molecule has 0 amide bonds. The Kier molecular flexibility index (Phi) is 8.97. The van der Waals surface area contributed by atoms with Gasteiger partial charge < -0.3 is 19.5 Å². The molecule has 18 heavy (non-hydrogen) atoms. The normalized spacial score (nSPS) is 14.6. The van der Waals surface area contributed by atoms with Gasteiger partial charge in [0.15, 0.2) is 0 Å². The van der Waals surface area contributed by atoms with Crippen LogP contribution in [0.4, 0.5) is 0 Å². The van der Waals surface area contributed by atoms with E-state index in [0.29, 0.717) is 26.4 Å². The maximum atomic E-state index is 11.8. The quantitative estimate of drug-likeness (QED) is 0.475. The van der Waals surface area contributed by atoms with Gasteiger partial charge >= 0.3 is 5.97 Å². The lowest BCUT2D eigenvalue weighted by Crippen LogP contribution is -2.54. The van der Waals surface area contributed by atoms with E-state index < -0.39 is 5.54 Å². The molecule has 5 heteroatoms. The zero-order chi connectivity index (χ0) is 14.0. The highest BCUT2D eigenvalue weighted by Crippen LogP contribution is 2.07. The summed E-state index contributed by atoms with van der Waals surface area (Å²) in [5, 5.41) is 3.10. The van der Waals surface area contributed by atoms with Gasteiger partial charge in [-0.05, 0) is 34.2 Å². The zero-order valence-corrected chi connectivity index (χ0v) is 12.2. The highest BCUT2D eigenvalue weighted by molar-refractivity contribution is 5.80. The first kappa shape index (κ1) is 17.4. The first-order valence-corrected chi connectivity index (χ1v) is 6.57. The van der Waals surface area contributed by atoms with Crippen LogP contribution in [0.5, 0.6) is 0 Å². The summed E-state index contributed by atoms with van der Waals surface area (Å²) in [6.45, 7) is 11.8. The van der Waals surface area contributed by atoms with Gasteiger partial charge in [-0.1, -0.05) is 6.92 Å². The number of ether oxygens (including phenoxy) is 3. The van der Waals surface area contributed by atoms with Crippen molar-refractivity contribution < 1.29 is 19.0 Å². The summed E-state index contributed by atoms with van der Waals surface area (Å²) >= 11 is 0. The zero-order valence-electron chi connectivity index (χ0n) is 12.2. The summed E-state index contributed by atoms with van der Waals surface area (Å²) in [4.78, 5) is 11.8. The Hall–Kier alpha value is -0.650. The number of hydrogen-bond donors (Lipinski definition) is 1. The van der Waals surface area contributed by atoms with E-state index in [-0.39, 0.29) is 18.7 Å². The Labute approximate surface area is 110 Å². The molecule has 0 aliphatic carbocycles. The van der Waals surface area contributed by atoms with E-state index in [1.165, 1.54) is 0 Å². The SMILES string of the molecule is CCNC(C)(COCCOC(C)C)C(=O)OCC. The molecule has 0 aromatic heterocycles. The number of nitrogens with one attached hydrogen (secondary N) is 1. The summed E-state index contributed by atoms with van der Waals surface area (Å²) in [5.74, 6) is -0.281. The summed E-state index contributed by atoms with van der Waals surface area (Å²) in [5.41, 5.74) is -0.789. The molecule has 0 aromatic rings. The summed E-state index contributed by atoms with van der Waals surface area (Å²) < 4.78 is 15.9. The van der Waals surface area contributed by atoms with Gasteiger partial charge in [-0.2, -0.15) is 0 Å². The molecule has 5 nitrogen and oxygen atoms in total. The van der Waals surface area contributed by atoms with Crippen molar-refractivity contribution in [2.45, 2.75) is 46.3 Å². The van der Waals surface area contributed by atoms with Crippen LogP contribution in [0, 0.1) is 0 Å². The number of carbonyl (C=O) groups is 1. The van der Waals surface area contributed by atoms with Crippen LogP contribution < -0.4 is 5.32 Å². The Morgan fingerprint density at radius 3 is 2.44 bits per heavy atom. The lowest BCUT2D eigenvalue weighted by atomic mass is 10.0. The predicted molar refractivity (Wildman–Crippen MR) is 70.6 cm³/mol. The fourth-order valence-electron chi connectivity index (χ4n) is 1.48. The Bertz CT molecular complexity index is 233. The van der Waals surface area contributed by atoms with E-state index in [9.17, 15) is 4.79 Å². The number of esters is 1. The Morgan fingerprint density at radius 2 is 1.94 bits per heavy atom. The average molecular weight is 261 g/mol. The van der Waals surface area contributed by atoms with Crippen LogP contribution >= 0.6 is 0 Å². The van der Waals surface area contributed by atoms with Crippen molar-refractivity contribution in [3.8, 4) is 0 Å². The molecule has 0 aliphatic heterocycles. The van der Waals surface area contributed by atoms with E-state index in [1.54, 1.807) is 13.8 Å². The highest BCUT2D eigenvalue weighted by Gasteiger charge is 2.34. The van der Waals surface area contributed by atoms with Gasteiger partial charge in [0.1, 0.15) is 5.54 Å². The molecule has 1 unspecified atom stereocenters. The standard InChI is InChI=1S/C13H27NO4/c1-6-14-13(5,12(15)17-7-2)10-16-8-9-18-11(3)4/h11,14H,6-10H2,1-5H3. The molecular weight excluding hydrogens is 234 g/mol. The van der Waals surface area contributed by atoms with Crippen molar-refractivity contribution in [3.05, 3.63) is 0 Å². The fraction of sp³-hybridized carbons (Fsp3) is 0.923. The third kappa shape index (κ3) is 6.93.